The van der Waals surface area contributed by atoms with Crippen LogP contribution in [0.25, 0.3) is 0 Å². The van der Waals surface area contributed by atoms with E-state index in [1.54, 1.807) is 6.07 Å². The molecular formula is C25H23F6N3O4. The van der Waals surface area contributed by atoms with Gasteiger partial charge in [-0.25, -0.2) is 5.48 Å². The fraction of sp³-hybridized carbons (Fsp3) is 0.400. The molecule has 7 nitrogen and oxygen atoms in total. The van der Waals surface area contributed by atoms with Crippen LogP contribution in [-0.4, -0.2) is 36.7 Å². The summed E-state index contributed by atoms with van der Waals surface area (Å²) in [6, 6.07) is 14.7. The summed E-state index contributed by atoms with van der Waals surface area (Å²) in [6.07, 6.45) is -8.26. The first-order chi connectivity index (χ1) is 17.8. The van der Waals surface area contributed by atoms with Crippen molar-refractivity contribution in [3.8, 4) is 23.6 Å². The fourth-order valence-electron chi connectivity index (χ4n) is 3.71. The van der Waals surface area contributed by atoms with Gasteiger partial charge in [0.15, 0.2) is 13.2 Å². The highest BCUT2D eigenvalue weighted by Crippen LogP contribution is 2.39. The van der Waals surface area contributed by atoms with Gasteiger partial charge in [0.2, 0.25) is 0 Å². The van der Waals surface area contributed by atoms with Gasteiger partial charge in [0.05, 0.1) is 12.1 Å². The first kappa shape index (κ1) is 30.3. The second-order valence-electron chi connectivity index (χ2n) is 8.28. The average molecular weight is 543 g/mol. The van der Waals surface area contributed by atoms with Gasteiger partial charge in [-0.05, 0) is 48.2 Å². The number of carbonyl (C=O) groups is 1. The third-order valence-electron chi connectivity index (χ3n) is 5.57. The molecule has 0 heterocycles. The number of alkyl halides is 6. The van der Waals surface area contributed by atoms with E-state index in [2.05, 4.69) is 6.07 Å². The largest absolute Gasteiger partial charge is 0.484 e. The molecule has 1 atom stereocenters. The predicted molar refractivity (Wildman–Crippen MR) is 120 cm³/mol. The van der Waals surface area contributed by atoms with Crippen LogP contribution in [0.15, 0.2) is 48.5 Å². The lowest BCUT2D eigenvalue weighted by molar-refractivity contribution is -0.154. The van der Waals surface area contributed by atoms with E-state index in [1.165, 1.54) is 54.0 Å². The zero-order valence-corrected chi connectivity index (χ0v) is 19.8. The molecule has 0 bridgehead atoms. The van der Waals surface area contributed by atoms with Crippen LogP contribution in [0.3, 0.4) is 0 Å². The molecular weight excluding hydrogens is 520 g/mol. The number of rotatable bonds is 12. The van der Waals surface area contributed by atoms with Gasteiger partial charge in [-0.2, -0.15) is 36.9 Å². The van der Waals surface area contributed by atoms with Crippen molar-refractivity contribution in [2.75, 3.05) is 13.2 Å². The molecule has 0 radical (unpaired) electrons. The summed E-state index contributed by atoms with van der Waals surface area (Å²) < 4.78 is 84.2. The number of carbonyl (C=O) groups excluding carboxylic acids is 1. The molecule has 1 amide bonds. The molecule has 2 aromatic carbocycles. The Morgan fingerprint density at radius 2 is 1.29 bits per heavy atom. The van der Waals surface area contributed by atoms with Crippen molar-refractivity contribution < 1.29 is 45.8 Å². The predicted octanol–water partition coefficient (Wildman–Crippen LogP) is 5.58. The van der Waals surface area contributed by atoms with Crippen molar-refractivity contribution in [1.82, 2.24) is 5.48 Å². The topological polar surface area (TPSA) is 115 Å². The number of benzene rings is 2. The summed E-state index contributed by atoms with van der Waals surface area (Å²) in [5.41, 5.74) is 0.790. The molecule has 1 unspecified atom stereocenters. The van der Waals surface area contributed by atoms with Crippen LogP contribution in [0.5, 0.6) is 11.5 Å². The maximum atomic E-state index is 12.5. The summed E-state index contributed by atoms with van der Waals surface area (Å²) in [6.45, 7) is -3.01. The van der Waals surface area contributed by atoms with Crippen molar-refractivity contribution >= 4 is 5.91 Å². The minimum absolute atomic E-state index is 0.0822. The third-order valence-corrected chi connectivity index (χ3v) is 5.57. The first-order valence-electron chi connectivity index (χ1n) is 11.2. The van der Waals surface area contributed by atoms with Crippen LogP contribution >= 0.6 is 0 Å². The van der Waals surface area contributed by atoms with Crippen molar-refractivity contribution in [2.45, 2.75) is 43.5 Å². The molecule has 0 saturated carbocycles. The van der Waals surface area contributed by atoms with E-state index in [-0.39, 0.29) is 24.3 Å². The number of nitriles is 2. The minimum atomic E-state index is -4.54. The van der Waals surface area contributed by atoms with E-state index in [0.717, 1.165) is 0 Å². The molecule has 13 heteroatoms. The molecule has 204 valence electrons. The van der Waals surface area contributed by atoms with Gasteiger partial charge in [-0.15, -0.1) is 0 Å². The molecule has 38 heavy (non-hydrogen) atoms. The summed E-state index contributed by atoms with van der Waals surface area (Å²) in [7, 11) is 0. The Kier molecular flexibility index (Phi) is 10.4. The van der Waals surface area contributed by atoms with Gasteiger partial charge >= 0.3 is 12.4 Å². The molecule has 0 fully saturated rings. The lowest BCUT2D eigenvalue weighted by atomic mass is 9.72. The second-order valence-corrected chi connectivity index (χ2v) is 8.28. The summed E-state index contributed by atoms with van der Waals surface area (Å²) in [5.74, 6) is -2.16. The van der Waals surface area contributed by atoms with Gasteiger partial charge in [-0.1, -0.05) is 37.1 Å². The number of hydrogen-bond acceptors (Lipinski definition) is 6. The second kappa shape index (κ2) is 13.0. The van der Waals surface area contributed by atoms with Gasteiger partial charge in [-0.3, -0.25) is 10.0 Å². The van der Waals surface area contributed by atoms with Crippen LogP contribution in [0.2, 0.25) is 0 Å². The molecule has 2 aromatic rings. The first-order valence-corrected chi connectivity index (χ1v) is 11.2. The lowest BCUT2D eigenvalue weighted by Gasteiger charge is -2.28. The number of nitrogens with one attached hydrogen (secondary N) is 1. The summed E-state index contributed by atoms with van der Waals surface area (Å²) in [5, 5.41) is 28.1. The van der Waals surface area contributed by atoms with Crippen molar-refractivity contribution in [3.63, 3.8) is 0 Å². The fourth-order valence-corrected chi connectivity index (χ4v) is 3.71. The number of hydrogen-bond donors (Lipinski definition) is 2. The van der Waals surface area contributed by atoms with Crippen molar-refractivity contribution in [1.29, 1.82) is 10.5 Å². The Balaban J connectivity index is 2.32. The third kappa shape index (κ3) is 8.85. The van der Waals surface area contributed by atoms with Crippen LogP contribution in [0.1, 0.15) is 36.8 Å². The van der Waals surface area contributed by atoms with Crippen molar-refractivity contribution in [2.24, 2.45) is 5.92 Å². The molecule has 2 rings (SSSR count). The molecule has 0 saturated heterocycles. The number of amides is 1. The van der Waals surface area contributed by atoms with E-state index in [0.29, 0.717) is 24.0 Å². The van der Waals surface area contributed by atoms with Gasteiger partial charge in [0.25, 0.3) is 5.91 Å². The monoisotopic (exact) mass is 543 g/mol. The van der Waals surface area contributed by atoms with Gasteiger partial charge in [0.1, 0.15) is 22.8 Å². The maximum absolute atomic E-state index is 12.5. The molecule has 2 N–H and O–H groups in total. The average Bonchev–Trinajstić information content (AvgIpc) is 2.88. The molecule has 0 aliphatic heterocycles. The highest BCUT2D eigenvalue weighted by molar-refractivity contribution is 5.79. The Labute approximate surface area is 214 Å². The minimum Gasteiger partial charge on any atom is -0.484 e. The molecule has 0 aromatic heterocycles. The Bertz CT molecular complexity index is 1080. The zero-order chi connectivity index (χ0) is 28.4. The highest BCUT2D eigenvalue weighted by Gasteiger charge is 2.35. The number of hydroxylamine groups is 1. The molecule has 0 aliphatic rings. The van der Waals surface area contributed by atoms with Crippen molar-refractivity contribution in [3.05, 3.63) is 59.7 Å². The number of ether oxygens (including phenoxy) is 2. The molecule has 0 spiro atoms. The SMILES string of the molecule is N#CC(CCCCC(C#N)(c1ccc(OCC(F)(F)F)cc1)c1ccc(OCC(F)(F)F)cc1)C(=O)NO. The standard InChI is InChI=1S/C25H23F6N3O4/c26-24(27,28)15-37-20-8-4-18(5-9-20)23(14-33,12-2-1-3-17(13-32)22(35)34-36)19-6-10-21(11-7-19)38-16-25(29,30)31/h4-11,17,36H,1-3,12,15-16H2,(H,34,35). The Hall–Kier alpha value is -3.97. The zero-order valence-electron chi connectivity index (χ0n) is 19.8. The van der Waals surface area contributed by atoms with E-state index in [4.69, 9.17) is 19.9 Å². The number of halogens is 6. The lowest BCUT2D eigenvalue weighted by Crippen LogP contribution is -2.28. The van der Waals surface area contributed by atoms with E-state index in [9.17, 15) is 36.4 Å². The summed E-state index contributed by atoms with van der Waals surface area (Å²) in [4.78, 5) is 11.5. The van der Waals surface area contributed by atoms with Crippen LogP contribution in [-0.2, 0) is 10.2 Å². The number of nitrogens with zero attached hydrogens (tertiary/aromatic N) is 2. The van der Waals surface area contributed by atoms with Crippen LogP contribution in [0, 0.1) is 28.6 Å². The quantitative estimate of drug-likeness (QED) is 0.156. The van der Waals surface area contributed by atoms with E-state index < -0.39 is 42.8 Å². The van der Waals surface area contributed by atoms with Crippen LogP contribution in [0.4, 0.5) is 26.3 Å². The van der Waals surface area contributed by atoms with Gasteiger partial charge in [0, 0.05) is 0 Å². The Morgan fingerprint density at radius 1 is 0.842 bits per heavy atom. The molecule has 0 aliphatic carbocycles. The number of unbranched alkanes of at least 4 members (excludes halogenated alkanes) is 1. The van der Waals surface area contributed by atoms with Gasteiger partial charge < -0.3 is 9.47 Å². The van der Waals surface area contributed by atoms with E-state index in [1.807, 2.05) is 0 Å². The van der Waals surface area contributed by atoms with E-state index >= 15 is 0 Å². The summed E-state index contributed by atoms with van der Waals surface area (Å²) >= 11 is 0. The maximum Gasteiger partial charge on any atom is 0.422 e. The highest BCUT2D eigenvalue weighted by atomic mass is 19.4. The Morgan fingerprint density at radius 3 is 1.63 bits per heavy atom. The van der Waals surface area contributed by atoms with Crippen LogP contribution < -0.4 is 15.0 Å². The normalized spacial score (nSPS) is 12.7. The smallest absolute Gasteiger partial charge is 0.422 e.